The minimum absolute atomic E-state index is 0.0224. The normalized spacial score (nSPS) is 15.6. The maximum atomic E-state index is 12.8. The van der Waals surface area contributed by atoms with Gasteiger partial charge in [0.2, 0.25) is 0 Å². The van der Waals surface area contributed by atoms with Crippen molar-refractivity contribution in [3.05, 3.63) is 42.2 Å². The van der Waals surface area contributed by atoms with Crippen LogP contribution in [0.4, 0.5) is 0 Å². The van der Waals surface area contributed by atoms with Crippen LogP contribution < -0.4 is 0 Å². The Morgan fingerprint density at radius 3 is 2.65 bits per heavy atom. The predicted octanol–water partition coefficient (Wildman–Crippen LogP) is 2.40. The molecule has 1 aliphatic rings. The Hall–Kier alpha value is -2.63. The first kappa shape index (κ1) is 15.3. The van der Waals surface area contributed by atoms with Crippen molar-refractivity contribution in [1.29, 1.82) is 0 Å². The van der Waals surface area contributed by atoms with Gasteiger partial charge in [0.25, 0.3) is 5.91 Å². The summed E-state index contributed by atoms with van der Waals surface area (Å²) < 4.78 is 0. The number of aliphatic carboxylic acids is 1. The highest BCUT2D eigenvalue weighted by atomic mass is 16.4. The SMILES string of the molecule is O=C(O)CC1CCN(C(=O)c2ccccc2-c2ncc[nH]2)CC1. The van der Waals surface area contributed by atoms with Gasteiger partial charge in [-0.1, -0.05) is 18.2 Å². The van der Waals surface area contributed by atoms with Crippen LogP contribution in [0.5, 0.6) is 0 Å². The lowest BCUT2D eigenvalue weighted by atomic mass is 9.93. The number of benzene rings is 1. The Kier molecular flexibility index (Phi) is 4.41. The number of rotatable bonds is 4. The topological polar surface area (TPSA) is 86.3 Å². The highest BCUT2D eigenvalue weighted by Crippen LogP contribution is 2.25. The molecule has 1 aliphatic heterocycles. The zero-order valence-corrected chi connectivity index (χ0v) is 12.7. The number of hydrogen-bond acceptors (Lipinski definition) is 3. The lowest BCUT2D eigenvalue weighted by molar-refractivity contribution is -0.138. The largest absolute Gasteiger partial charge is 0.481 e. The van der Waals surface area contributed by atoms with Crippen molar-refractivity contribution < 1.29 is 14.7 Å². The van der Waals surface area contributed by atoms with Gasteiger partial charge < -0.3 is 15.0 Å². The number of nitrogens with zero attached hydrogens (tertiary/aromatic N) is 2. The van der Waals surface area contributed by atoms with Crippen molar-refractivity contribution in [2.75, 3.05) is 13.1 Å². The predicted molar refractivity (Wildman–Crippen MR) is 84.9 cm³/mol. The molecule has 3 rings (SSSR count). The van der Waals surface area contributed by atoms with Gasteiger partial charge in [-0.15, -0.1) is 0 Å². The third-order valence-electron chi connectivity index (χ3n) is 4.28. The number of carbonyl (C=O) groups is 2. The number of piperidine rings is 1. The van der Waals surface area contributed by atoms with E-state index in [1.54, 1.807) is 17.3 Å². The average molecular weight is 313 g/mol. The monoisotopic (exact) mass is 313 g/mol. The molecule has 0 radical (unpaired) electrons. The fourth-order valence-electron chi connectivity index (χ4n) is 3.05. The molecule has 6 heteroatoms. The van der Waals surface area contributed by atoms with Crippen molar-refractivity contribution in [1.82, 2.24) is 14.9 Å². The molecule has 0 spiro atoms. The van der Waals surface area contributed by atoms with Crippen LogP contribution >= 0.6 is 0 Å². The second-order valence-corrected chi connectivity index (χ2v) is 5.82. The summed E-state index contributed by atoms with van der Waals surface area (Å²) in [7, 11) is 0. The van der Waals surface area contributed by atoms with Gasteiger partial charge in [-0.05, 0) is 24.8 Å². The number of carbonyl (C=O) groups excluding carboxylic acids is 1. The third-order valence-corrected chi connectivity index (χ3v) is 4.28. The molecule has 1 aromatic heterocycles. The van der Waals surface area contributed by atoms with Crippen LogP contribution in [0.15, 0.2) is 36.7 Å². The molecule has 1 fully saturated rings. The number of nitrogens with one attached hydrogen (secondary N) is 1. The van der Waals surface area contributed by atoms with Crippen LogP contribution in [-0.4, -0.2) is 44.9 Å². The molecule has 2 N–H and O–H groups in total. The maximum Gasteiger partial charge on any atom is 0.303 e. The van der Waals surface area contributed by atoms with Gasteiger partial charge in [-0.2, -0.15) is 0 Å². The molecule has 120 valence electrons. The molecular formula is C17H19N3O3. The first-order valence-electron chi connectivity index (χ1n) is 7.75. The Labute approximate surface area is 134 Å². The quantitative estimate of drug-likeness (QED) is 0.907. The zero-order valence-electron chi connectivity index (χ0n) is 12.7. The van der Waals surface area contributed by atoms with Crippen molar-refractivity contribution in [3.63, 3.8) is 0 Å². The summed E-state index contributed by atoms with van der Waals surface area (Å²) in [5.41, 5.74) is 1.41. The van der Waals surface area contributed by atoms with Crippen molar-refractivity contribution in [2.24, 2.45) is 5.92 Å². The summed E-state index contributed by atoms with van der Waals surface area (Å²) in [6.07, 6.45) is 5.05. The number of H-pyrrole nitrogens is 1. The number of likely N-dealkylation sites (tertiary alicyclic amines) is 1. The molecule has 2 heterocycles. The van der Waals surface area contributed by atoms with Crippen LogP contribution in [0.1, 0.15) is 29.6 Å². The number of aromatic nitrogens is 2. The molecular weight excluding hydrogens is 294 g/mol. The van der Waals surface area contributed by atoms with Crippen LogP contribution in [0.3, 0.4) is 0 Å². The number of carboxylic acids is 1. The standard InChI is InChI=1S/C17H19N3O3/c21-15(22)11-12-5-9-20(10-6-12)17(23)14-4-2-1-3-13(14)16-18-7-8-19-16/h1-4,7-8,12H,5-6,9-11H2,(H,18,19)(H,21,22). The van der Waals surface area contributed by atoms with Gasteiger partial charge >= 0.3 is 5.97 Å². The summed E-state index contributed by atoms with van der Waals surface area (Å²) >= 11 is 0. The van der Waals surface area contributed by atoms with E-state index in [0.717, 1.165) is 18.4 Å². The van der Waals surface area contributed by atoms with E-state index in [9.17, 15) is 9.59 Å². The van der Waals surface area contributed by atoms with E-state index in [-0.39, 0.29) is 18.2 Å². The smallest absolute Gasteiger partial charge is 0.303 e. The van der Waals surface area contributed by atoms with E-state index in [0.29, 0.717) is 24.5 Å². The zero-order chi connectivity index (χ0) is 16.2. The molecule has 1 aromatic carbocycles. The Bertz CT molecular complexity index is 689. The molecule has 2 aromatic rings. The van der Waals surface area contributed by atoms with E-state index < -0.39 is 5.97 Å². The van der Waals surface area contributed by atoms with E-state index >= 15 is 0 Å². The van der Waals surface area contributed by atoms with Gasteiger partial charge in [0, 0.05) is 37.5 Å². The minimum atomic E-state index is -0.766. The fraction of sp³-hybridized carbons (Fsp3) is 0.353. The van der Waals surface area contributed by atoms with Gasteiger partial charge in [0.1, 0.15) is 5.82 Å². The van der Waals surface area contributed by atoms with Crippen molar-refractivity contribution in [3.8, 4) is 11.4 Å². The molecule has 0 bridgehead atoms. The Balaban J connectivity index is 1.74. The number of carboxylic acid groups (broad SMARTS) is 1. The van der Waals surface area contributed by atoms with Gasteiger partial charge in [-0.25, -0.2) is 4.98 Å². The third kappa shape index (κ3) is 3.41. The number of imidazole rings is 1. The number of aromatic amines is 1. The summed E-state index contributed by atoms with van der Waals surface area (Å²) in [6, 6.07) is 7.41. The van der Waals surface area contributed by atoms with Crippen LogP contribution in [-0.2, 0) is 4.79 Å². The van der Waals surface area contributed by atoms with Crippen LogP contribution in [0, 0.1) is 5.92 Å². The molecule has 0 atom stereocenters. The summed E-state index contributed by atoms with van der Waals surface area (Å²) in [6.45, 7) is 1.20. The lowest BCUT2D eigenvalue weighted by Crippen LogP contribution is -2.39. The average Bonchev–Trinajstić information content (AvgIpc) is 3.09. The molecule has 0 saturated carbocycles. The van der Waals surface area contributed by atoms with Gasteiger partial charge in [0.15, 0.2) is 0 Å². The van der Waals surface area contributed by atoms with E-state index in [1.165, 1.54) is 0 Å². The Morgan fingerprint density at radius 1 is 1.26 bits per heavy atom. The second kappa shape index (κ2) is 6.64. The first-order chi connectivity index (χ1) is 11.1. The minimum Gasteiger partial charge on any atom is -0.481 e. The second-order valence-electron chi connectivity index (χ2n) is 5.82. The fourth-order valence-corrected chi connectivity index (χ4v) is 3.05. The van der Waals surface area contributed by atoms with Crippen molar-refractivity contribution >= 4 is 11.9 Å². The van der Waals surface area contributed by atoms with Crippen LogP contribution in [0.2, 0.25) is 0 Å². The highest BCUT2D eigenvalue weighted by Gasteiger charge is 2.26. The lowest BCUT2D eigenvalue weighted by Gasteiger charge is -2.31. The molecule has 6 nitrogen and oxygen atoms in total. The van der Waals surface area contributed by atoms with Gasteiger partial charge in [0.05, 0.1) is 5.56 Å². The number of hydrogen-bond donors (Lipinski definition) is 2. The Morgan fingerprint density at radius 2 is 2.00 bits per heavy atom. The van der Waals surface area contributed by atoms with Crippen LogP contribution in [0.25, 0.3) is 11.4 Å². The summed E-state index contributed by atoms with van der Waals surface area (Å²) in [5.74, 6) is 0.0512. The van der Waals surface area contributed by atoms with E-state index in [4.69, 9.17) is 5.11 Å². The summed E-state index contributed by atoms with van der Waals surface area (Å²) in [4.78, 5) is 32.7. The molecule has 0 aliphatic carbocycles. The van der Waals surface area contributed by atoms with Crippen molar-refractivity contribution in [2.45, 2.75) is 19.3 Å². The van der Waals surface area contributed by atoms with E-state index in [2.05, 4.69) is 9.97 Å². The molecule has 0 unspecified atom stereocenters. The number of amides is 1. The maximum absolute atomic E-state index is 12.8. The van der Waals surface area contributed by atoms with Gasteiger partial charge in [-0.3, -0.25) is 9.59 Å². The highest BCUT2D eigenvalue weighted by molar-refractivity contribution is 6.00. The molecule has 1 saturated heterocycles. The molecule has 1 amide bonds. The molecule has 23 heavy (non-hydrogen) atoms. The summed E-state index contributed by atoms with van der Waals surface area (Å²) in [5, 5.41) is 8.87. The van der Waals surface area contributed by atoms with E-state index in [1.807, 2.05) is 24.3 Å². The first-order valence-corrected chi connectivity index (χ1v) is 7.75.